The maximum atomic E-state index is 11.5. The van der Waals surface area contributed by atoms with Crippen LogP contribution in [0.1, 0.15) is 25.7 Å². The van der Waals surface area contributed by atoms with Gasteiger partial charge in [0, 0.05) is 12.5 Å². The average molecular weight is 244 g/mol. The van der Waals surface area contributed by atoms with Crippen molar-refractivity contribution in [2.75, 3.05) is 6.54 Å². The van der Waals surface area contributed by atoms with Gasteiger partial charge in [0.25, 0.3) is 0 Å². The number of carbonyl (C=O) groups excluding carboxylic acids is 1. The van der Waals surface area contributed by atoms with E-state index in [0.717, 1.165) is 19.4 Å². The number of carbonyl (C=O) groups is 3. The zero-order chi connectivity index (χ0) is 12.8. The van der Waals surface area contributed by atoms with Crippen molar-refractivity contribution in [2.24, 2.45) is 0 Å². The lowest BCUT2D eigenvalue weighted by Gasteiger charge is -2.14. The summed E-state index contributed by atoms with van der Waals surface area (Å²) in [6.07, 6.45) is 1.45. The third-order valence-corrected chi connectivity index (χ3v) is 2.61. The maximum absolute atomic E-state index is 11.5. The van der Waals surface area contributed by atoms with Gasteiger partial charge in [-0.15, -0.1) is 0 Å². The summed E-state index contributed by atoms with van der Waals surface area (Å²) in [5.74, 6) is -3.02. The van der Waals surface area contributed by atoms with Crippen LogP contribution in [0, 0.1) is 0 Å². The predicted octanol–water partition coefficient (Wildman–Crippen LogP) is -0.827. The summed E-state index contributed by atoms with van der Waals surface area (Å²) in [6.45, 7) is 0.857. The molecule has 0 bridgehead atoms. The third kappa shape index (κ3) is 4.81. The first-order valence-corrected chi connectivity index (χ1v) is 5.46. The van der Waals surface area contributed by atoms with E-state index in [-0.39, 0.29) is 12.5 Å². The molecule has 2 unspecified atom stereocenters. The highest BCUT2D eigenvalue weighted by Gasteiger charge is 2.25. The molecule has 1 heterocycles. The molecule has 96 valence electrons. The second kappa shape index (κ2) is 6.19. The van der Waals surface area contributed by atoms with Crippen LogP contribution in [-0.4, -0.2) is 46.7 Å². The van der Waals surface area contributed by atoms with E-state index in [0.29, 0.717) is 0 Å². The lowest BCUT2D eigenvalue weighted by Crippen LogP contribution is -2.44. The highest BCUT2D eigenvalue weighted by Crippen LogP contribution is 2.08. The monoisotopic (exact) mass is 244 g/mol. The number of amides is 1. The molecule has 1 aliphatic rings. The van der Waals surface area contributed by atoms with Crippen molar-refractivity contribution in [3.8, 4) is 0 Å². The van der Waals surface area contributed by atoms with Crippen LogP contribution in [0.15, 0.2) is 0 Å². The Balaban J connectivity index is 2.40. The summed E-state index contributed by atoms with van der Waals surface area (Å²) >= 11 is 0. The van der Waals surface area contributed by atoms with Crippen molar-refractivity contribution in [2.45, 2.75) is 37.8 Å². The van der Waals surface area contributed by atoms with Crippen LogP contribution in [0.5, 0.6) is 0 Å². The van der Waals surface area contributed by atoms with Gasteiger partial charge in [-0.05, 0) is 19.4 Å². The molecule has 0 aromatic carbocycles. The van der Waals surface area contributed by atoms with Gasteiger partial charge in [-0.2, -0.15) is 0 Å². The molecule has 2 atom stereocenters. The molecule has 0 aliphatic carbocycles. The number of hydrogen-bond acceptors (Lipinski definition) is 4. The average Bonchev–Trinajstić information content (AvgIpc) is 2.68. The molecule has 0 spiro atoms. The molecule has 0 saturated carbocycles. The summed E-state index contributed by atoms with van der Waals surface area (Å²) in [6, 6.07) is -1.30. The third-order valence-electron chi connectivity index (χ3n) is 2.61. The Labute approximate surface area is 98.2 Å². The second-order valence-electron chi connectivity index (χ2n) is 4.05. The Kier molecular flexibility index (Phi) is 4.89. The van der Waals surface area contributed by atoms with Crippen molar-refractivity contribution >= 4 is 17.8 Å². The molecular formula is C10H16N2O5. The summed E-state index contributed by atoms with van der Waals surface area (Å²) < 4.78 is 0. The molecule has 4 N–H and O–H groups in total. The lowest BCUT2D eigenvalue weighted by atomic mass is 10.1. The van der Waals surface area contributed by atoms with E-state index in [1.807, 2.05) is 0 Å². The van der Waals surface area contributed by atoms with Crippen LogP contribution < -0.4 is 10.6 Å². The van der Waals surface area contributed by atoms with E-state index in [1.54, 1.807) is 0 Å². The van der Waals surface area contributed by atoms with E-state index in [2.05, 4.69) is 10.6 Å². The fraction of sp³-hybridized carbons (Fsp3) is 0.700. The Morgan fingerprint density at radius 3 is 2.53 bits per heavy atom. The largest absolute Gasteiger partial charge is 0.481 e. The van der Waals surface area contributed by atoms with Crippen LogP contribution in [0.4, 0.5) is 0 Å². The van der Waals surface area contributed by atoms with Gasteiger partial charge in [0.1, 0.15) is 6.04 Å². The molecule has 17 heavy (non-hydrogen) atoms. The van der Waals surface area contributed by atoms with Crippen LogP contribution >= 0.6 is 0 Å². The van der Waals surface area contributed by atoms with Gasteiger partial charge in [-0.25, -0.2) is 4.79 Å². The van der Waals surface area contributed by atoms with E-state index < -0.39 is 30.3 Å². The minimum absolute atomic E-state index is 0.0641. The fourth-order valence-corrected chi connectivity index (χ4v) is 1.78. The van der Waals surface area contributed by atoms with Gasteiger partial charge in [0.05, 0.1) is 6.42 Å². The molecule has 1 amide bonds. The predicted molar refractivity (Wildman–Crippen MR) is 57.5 cm³/mol. The molecule has 0 radical (unpaired) electrons. The molecular weight excluding hydrogens is 228 g/mol. The molecule has 1 rings (SSSR count). The zero-order valence-corrected chi connectivity index (χ0v) is 9.31. The van der Waals surface area contributed by atoms with E-state index in [9.17, 15) is 14.4 Å². The molecule has 1 fully saturated rings. The highest BCUT2D eigenvalue weighted by atomic mass is 16.4. The first kappa shape index (κ1) is 13.4. The number of nitrogens with one attached hydrogen (secondary N) is 2. The summed E-state index contributed by atoms with van der Waals surface area (Å²) in [4.78, 5) is 32.6. The Morgan fingerprint density at radius 2 is 2.06 bits per heavy atom. The zero-order valence-electron chi connectivity index (χ0n) is 9.31. The second-order valence-corrected chi connectivity index (χ2v) is 4.05. The van der Waals surface area contributed by atoms with Gasteiger partial charge >= 0.3 is 11.9 Å². The van der Waals surface area contributed by atoms with Crippen molar-refractivity contribution in [1.82, 2.24) is 10.6 Å². The number of hydrogen-bond donors (Lipinski definition) is 4. The van der Waals surface area contributed by atoms with Crippen LogP contribution in [0.3, 0.4) is 0 Å². The van der Waals surface area contributed by atoms with E-state index in [1.165, 1.54) is 0 Å². The first-order chi connectivity index (χ1) is 7.99. The van der Waals surface area contributed by atoms with Gasteiger partial charge in [0.2, 0.25) is 5.91 Å². The maximum Gasteiger partial charge on any atom is 0.326 e. The van der Waals surface area contributed by atoms with Gasteiger partial charge in [-0.3, -0.25) is 9.59 Å². The quantitative estimate of drug-likeness (QED) is 0.485. The van der Waals surface area contributed by atoms with E-state index in [4.69, 9.17) is 10.2 Å². The number of rotatable bonds is 6. The normalized spacial score (nSPS) is 20.8. The van der Waals surface area contributed by atoms with Crippen molar-refractivity contribution < 1.29 is 24.6 Å². The molecule has 0 aromatic heterocycles. The van der Waals surface area contributed by atoms with Gasteiger partial charge in [0.15, 0.2) is 0 Å². The lowest BCUT2D eigenvalue weighted by molar-refractivity contribution is -0.147. The number of carboxylic acid groups (broad SMARTS) is 2. The van der Waals surface area contributed by atoms with Crippen LogP contribution in [0.2, 0.25) is 0 Å². The first-order valence-electron chi connectivity index (χ1n) is 5.46. The van der Waals surface area contributed by atoms with E-state index >= 15 is 0 Å². The minimum atomic E-state index is -1.36. The van der Waals surface area contributed by atoms with Crippen molar-refractivity contribution in [3.63, 3.8) is 0 Å². The summed E-state index contributed by atoms with van der Waals surface area (Å²) in [5, 5.41) is 22.6. The molecule has 1 aliphatic heterocycles. The van der Waals surface area contributed by atoms with Gasteiger partial charge < -0.3 is 20.8 Å². The number of aliphatic carboxylic acids is 2. The Bertz CT molecular complexity index is 312. The number of carboxylic acids is 2. The summed E-state index contributed by atoms with van der Waals surface area (Å²) in [5.41, 5.74) is 0. The van der Waals surface area contributed by atoms with Crippen LogP contribution in [0.25, 0.3) is 0 Å². The topological polar surface area (TPSA) is 116 Å². The Hall–Kier alpha value is -1.63. The van der Waals surface area contributed by atoms with Gasteiger partial charge in [-0.1, -0.05) is 0 Å². The standard InChI is InChI=1S/C10H16N2O5/c13-8(4-6-2-1-3-11-6)12-7(10(16)17)5-9(14)15/h6-7,11H,1-5H2,(H,12,13)(H,14,15)(H,16,17). The van der Waals surface area contributed by atoms with Crippen LogP contribution in [-0.2, 0) is 14.4 Å². The smallest absolute Gasteiger partial charge is 0.326 e. The molecule has 1 saturated heterocycles. The Morgan fingerprint density at radius 1 is 1.35 bits per heavy atom. The SMILES string of the molecule is O=C(O)CC(NC(=O)CC1CCCN1)C(=O)O. The molecule has 7 nitrogen and oxygen atoms in total. The highest BCUT2D eigenvalue weighted by molar-refractivity contribution is 5.86. The minimum Gasteiger partial charge on any atom is -0.481 e. The van der Waals surface area contributed by atoms with Crippen molar-refractivity contribution in [3.05, 3.63) is 0 Å². The fourth-order valence-electron chi connectivity index (χ4n) is 1.78. The summed E-state index contributed by atoms with van der Waals surface area (Å²) in [7, 11) is 0. The molecule has 7 heteroatoms. The molecule has 0 aromatic rings. The van der Waals surface area contributed by atoms with Crippen molar-refractivity contribution in [1.29, 1.82) is 0 Å².